The molecule has 7 heteroatoms. The summed E-state index contributed by atoms with van der Waals surface area (Å²) in [4.78, 5) is 4.41. The Morgan fingerprint density at radius 3 is 2.76 bits per heavy atom. The monoisotopic (exact) mass is 313 g/mol. The summed E-state index contributed by atoms with van der Waals surface area (Å²) in [6, 6.07) is 3.12. The van der Waals surface area contributed by atoms with Crippen LogP contribution in [0.15, 0.2) is 23.2 Å². The quantitative estimate of drug-likeness (QED) is 0.827. The number of rotatable bonds is 6. The Morgan fingerprint density at radius 1 is 1.43 bits per heavy atom. The van der Waals surface area contributed by atoms with Gasteiger partial charge in [-0.1, -0.05) is 6.92 Å². The third-order valence-corrected chi connectivity index (χ3v) is 5.65. The fourth-order valence-corrected chi connectivity index (χ4v) is 3.89. The van der Waals surface area contributed by atoms with E-state index in [1.54, 1.807) is 6.07 Å². The standard InChI is InChI=1S/C14H23N3O3S/c1-2-6-15-14-10-13(3-7-16-14)21(19,20)17-8-4-12(11-18)5-9-17/h3,7,10,12,18H,2,4-6,8-9,11H2,1H3,(H,15,16). The molecule has 1 aliphatic heterocycles. The molecule has 0 aliphatic carbocycles. The largest absolute Gasteiger partial charge is 0.396 e. The van der Waals surface area contributed by atoms with E-state index >= 15 is 0 Å². The maximum Gasteiger partial charge on any atom is 0.243 e. The number of hydrogen-bond donors (Lipinski definition) is 2. The van der Waals surface area contributed by atoms with Crippen molar-refractivity contribution in [1.29, 1.82) is 0 Å². The van der Waals surface area contributed by atoms with E-state index in [1.807, 2.05) is 6.92 Å². The summed E-state index contributed by atoms with van der Waals surface area (Å²) >= 11 is 0. The molecule has 0 radical (unpaired) electrons. The van der Waals surface area contributed by atoms with Gasteiger partial charge in [0.25, 0.3) is 0 Å². The second-order valence-corrected chi connectivity index (χ2v) is 7.27. The molecule has 1 aliphatic rings. The zero-order valence-corrected chi connectivity index (χ0v) is 13.1. The second-order valence-electron chi connectivity index (χ2n) is 5.33. The van der Waals surface area contributed by atoms with Crippen molar-refractivity contribution in [2.24, 2.45) is 5.92 Å². The van der Waals surface area contributed by atoms with Crippen LogP contribution >= 0.6 is 0 Å². The van der Waals surface area contributed by atoms with Crippen LogP contribution in [0.2, 0.25) is 0 Å². The zero-order chi connectivity index (χ0) is 15.3. The van der Waals surface area contributed by atoms with Gasteiger partial charge in [0.05, 0.1) is 4.90 Å². The van der Waals surface area contributed by atoms with E-state index in [9.17, 15) is 8.42 Å². The molecule has 0 aromatic carbocycles. The molecule has 2 N–H and O–H groups in total. The number of nitrogens with one attached hydrogen (secondary N) is 1. The lowest BCUT2D eigenvalue weighted by molar-refractivity contribution is 0.170. The Bertz CT molecular complexity index is 554. The van der Waals surface area contributed by atoms with Gasteiger partial charge in [0.1, 0.15) is 5.82 Å². The van der Waals surface area contributed by atoms with E-state index in [1.165, 1.54) is 16.6 Å². The molecule has 1 fully saturated rings. The predicted molar refractivity (Wildman–Crippen MR) is 81.6 cm³/mol. The Balaban J connectivity index is 2.12. The van der Waals surface area contributed by atoms with Crippen LogP contribution in [0.4, 0.5) is 5.82 Å². The van der Waals surface area contributed by atoms with Gasteiger partial charge in [-0.2, -0.15) is 4.31 Å². The SMILES string of the molecule is CCCNc1cc(S(=O)(=O)N2CCC(CO)CC2)ccn1. The molecule has 21 heavy (non-hydrogen) atoms. The van der Waals surface area contributed by atoms with Crippen LogP contribution in [0.25, 0.3) is 0 Å². The number of piperidine rings is 1. The number of aromatic nitrogens is 1. The highest BCUT2D eigenvalue weighted by atomic mass is 32.2. The molecule has 118 valence electrons. The molecule has 1 aromatic heterocycles. The van der Waals surface area contributed by atoms with Crippen molar-refractivity contribution in [1.82, 2.24) is 9.29 Å². The maximum absolute atomic E-state index is 12.6. The molecular weight excluding hydrogens is 290 g/mol. The number of aliphatic hydroxyl groups is 1. The van der Waals surface area contributed by atoms with E-state index in [-0.39, 0.29) is 17.4 Å². The highest BCUT2D eigenvalue weighted by Gasteiger charge is 2.29. The van der Waals surface area contributed by atoms with Gasteiger partial charge in [-0.25, -0.2) is 13.4 Å². The van der Waals surface area contributed by atoms with Crippen molar-refractivity contribution >= 4 is 15.8 Å². The van der Waals surface area contributed by atoms with Crippen LogP contribution in [-0.4, -0.2) is 49.1 Å². The Hall–Kier alpha value is -1.18. The first kappa shape index (κ1) is 16.2. The van der Waals surface area contributed by atoms with Crippen molar-refractivity contribution in [2.45, 2.75) is 31.1 Å². The average molecular weight is 313 g/mol. The summed E-state index contributed by atoms with van der Waals surface area (Å²) < 4.78 is 26.7. The third kappa shape index (κ3) is 3.93. The van der Waals surface area contributed by atoms with Crippen LogP contribution in [0.3, 0.4) is 0 Å². The average Bonchev–Trinajstić information content (AvgIpc) is 2.53. The van der Waals surface area contributed by atoms with E-state index in [0.29, 0.717) is 31.7 Å². The zero-order valence-electron chi connectivity index (χ0n) is 12.3. The first-order valence-electron chi connectivity index (χ1n) is 7.39. The fourth-order valence-electron chi connectivity index (χ4n) is 2.40. The lowest BCUT2D eigenvalue weighted by Gasteiger charge is -2.30. The van der Waals surface area contributed by atoms with Crippen LogP contribution in [0, 0.1) is 5.92 Å². The molecule has 1 saturated heterocycles. The molecule has 0 amide bonds. The first-order chi connectivity index (χ1) is 10.1. The van der Waals surface area contributed by atoms with Gasteiger partial charge in [0.2, 0.25) is 10.0 Å². The molecule has 0 atom stereocenters. The normalized spacial score (nSPS) is 17.8. The van der Waals surface area contributed by atoms with Crippen LogP contribution in [-0.2, 0) is 10.0 Å². The number of anilines is 1. The predicted octanol–water partition coefficient (Wildman–Crippen LogP) is 1.30. The van der Waals surface area contributed by atoms with Gasteiger partial charge >= 0.3 is 0 Å². The summed E-state index contributed by atoms with van der Waals surface area (Å²) in [6.45, 7) is 3.87. The minimum atomic E-state index is -3.47. The Kier molecular flexibility index (Phi) is 5.55. The van der Waals surface area contributed by atoms with Gasteiger partial charge in [0.15, 0.2) is 0 Å². The first-order valence-corrected chi connectivity index (χ1v) is 8.83. The van der Waals surface area contributed by atoms with E-state index < -0.39 is 10.0 Å². The van der Waals surface area contributed by atoms with E-state index in [4.69, 9.17) is 5.11 Å². The van der Waals surface area contributed by atoms with Gasteiger partial charge in [0, 0.05) is 38.5 Å². The van der Waals surface area contributed by atoms with Gasteiger partial charge in [-0.3, -0.25) is 0 Å². The number of nitrogens with zero attached hydrogens (tertiary/aromatic N) is 2. The van der Waals surface area contributed by atoms with Crippen molar-refractivity contribution in [3.8, 4) is 0 Å². The highest BCUT2D eigenvalue weighted by Crippen LogP contribution is 2.24. The molecule has 0 unspecified atom stereocenters. The molecule has 2 rings (SSSR count). The second kappa shape index (κ2) is 7.20. The maximum atomic E-state index is 12.6. The number of pyridine rings is 1. The lowest BCUT2D eigenvalue weighted by atomic mass is 10.00. The van der Waals surface area contributed by atoms with Gasteiger partial charge in [-0.05, 0) is 31.2 Å². The third-order valence-electron chi connectivity index (χ3n) is 3.76. The van der Waals surface area contributed by atoms with Crippen molar-refractivity contribution in [3.05, 3.63) is 18.3 Å². The number of hydrogen-bond acceptors (Lipinski definition) is 5. The smallest absolute Gasteiger partial charge is 0.243 e. The minimum Gasteiger partial charge on any atom is -0.396 e. The Morgan fingerprint density at radius 2 is 2.14 bits per heavy atom. The molecular formula is C14H23N3O3S. The molecule has 6 nitrogen and oxygen atoms in total. The Labute approximate surface area is 126 Å². The van der Waals surface area contributed by atoms with Crippen LogP contribution < -0.4 is 5.32 Å². The topological polar surface area (TPSA) is 82.5 Å². The van der Waals surface area contributed by atoms with E-state index in [2.05, 4.69) is 10.3 Å². The van der Waals surface area contributed by atoms with Crippen molar-refractivity contribution in [3.63, 3.8) is 0 Å². The number of aliphatic hydroxyl groups excluding tert-OH is 1. The number of sulfonamides is 1. The molecule has 1 aromatic rings. The molecule has 2 heterocycles. The summed E-state index contributed by atoms with van der Waals surface area (Å²) in [5, 5.41) is 12.2. The van der Waals surface area contributed by atoms with E-state index in [0.717, 1.165) is 13.0 Å². The summed E-state index contributed by atoms with van der Waals surface area (Å²) in [5.74, 6) is 0.804. The molecule has 0 saturated carbocycles. The highest BCUT2D eigenvalue weighted by molar-refractivity contribution is 7.89. The molecule has 0 bridgehead atoms. The molecule has 0 spiro atoms. The fraction of sp³-hybridized carbons (Fsp3) is 0.643. The summed E-state index contributed by atoms with van der Waals surface area (Å²) in [7, 11) is -3.47. The lowest BCUT2D eigenvalue weighted by Crippen LogP contribution is -2.39. The summed E-state index contributed by atoms with van der Waals surface area (Å²) in [6.07, 6.45) is 3.89. The van der Waals surface area contributed by atoms with Crippen molar-refractivity contribution in [2.75, 3.05) is 31.6 Å². The summed E-state index contributed by atoms with van der Waals surface area (Å²) in [5.41, 5.74) is 0. The van der Waals surface area contributed by atoms with Gasteiger partial charge in [-0.15, -0.1) is 0 Å². The minimum absolute atomic E-state index is 0.133. The van der Waals surface area contributed by atoms with Gasteiger partial charge < -0.3 is 10.4 Å². The van der Waals surface area contributed by atoms with Crippen molar-refractivity contribution < 1.29 is 13.5 Å². The van der Waals surface area contributed by atoms with Crippen LogP contribution in [0.5, 0.6) is 0 Å². The van der Waals surface area contributed by atoms with Crippen LogP contribution in [0.1, 0.15) is 26.2 Å².